The van der Waals surface area contributed by atoms with E-state index in [1.54, 1.807) is 0 Å². The molecule has 92 valence electrons. The van der Waals surface area contributed by atoms with Crippen molar-refractivity contribution in [2.24, 2.45) is 0 Å². The van der Waals surface area contributed by atoms with E-state index in [1.807, 2.05) is 6.92 Å². The molecule has 2 fully saturated rings. The van der Waals surface area contributed by atoms with E-state index in [1.165, 1.54) is 0 Å². The van der Waals surface area contributed by atoms with Crippen molar-refractivity contribution in [2.75, 3.05) is 13.2 Å². The number of nitrogens with zero attached hydrogens (tertiary/aromatic N) is 1. The molecule has 0 bridgehead atoms. The molecule has 2 atom stereocenters. The maximum atomic E-state index is 11.5. The fraction of sp³-hybridized carbons (Fsp3) is 0.917. The summed E-state index contributed by atoms with van der Waals surface area (Å²) in [6.45, 7) is 2.61. The van der Waals surface area contributed by atoms with Gasteiger partial charge in [-0.3, -0.25) is 9.69 Å². The molecule has 0 saturated heterocycles. The first-order valence-corrected chi connectivity index (χ1v) is 6.31. The second-order valence-corrected chi connectivity index (χ2v) is 4.77. The Labute approximate surface area is 96.6 Å². The van der Waals surface area contributed by atoms with Crippen molar-refractivity contribution in [3.63, 3.8) is 0 Å². The van der Waals surface area contributed by atoms with Gasteiger partial charge in [-0.05, 0) is 39.0 Å². The molecule has 4 nitrogen and oxygen atoms in total. The summed E-state index contributed by atoms with van der Waals surface area (Å²) in [7, 11) is 0. The molecule has 2 unspecified atom stereocenters. The summed E-state index contributed by atoms with van der Waals surface area (Å²) in [5.74, 6) is -0.159. The maximum absolute atomic E-state index is 11.5. The van der Waals surface area contributed by atoms with Crippen LogP contribution in [0.2, 0.25) is 0 Å². The lowest BCUT2D eigenvalue weighted by atomic mass is 10.1. The van der Waals surface area contributed by atoms with E-state index in [-0.39, 0.29) is 18.1 Å². The summed E-state index contributed by atoms with van der Waals surface area (Å²) < 4.78 is 4.98. The van der Waals surface area contributed by atoms with Gasteiger partial charge in [-0.2, -0.15) is 0 Å². The highest BCUT2D eigenvalue weighted by atomic mass is 16.5. The summed E-state index contributed by atoms with van der Waals surface area (Å²) in [5, 5.41) is 9.89. The number of hydrogen-bond acceptors (Lipinski definition) is 4. The average molecular weight is 227 g/mol. The second-order valence-electron chi connectivity index (χ2n) is 4.77. The Morgan fingerprint density at radius 2 is 2.12 bits per heavy atom. The van der Waals surface area contributed by atoms with Gasteiger partial charge in [0.2, 0.25) is 0 Å². The molecule has 1 N–H and O–H groups in total. The van der Waals surface area contributed by atoms with Crippen LogP contribution in [0, 0.1) is 0 Å². The number of esters is 1. The number of carbonyl (C=O) groups is 1. The van der Waals surface area contributed by atoms with Gasteiger partial charge in [-0.1, -0.05) is 0 Å². The quantitative estimate of drug-likeness (QED) is 0.710. The van der Waals surface area contributed by atoms with Crippen LogP contribution in [-0.4, -0.2) is 47.3 Å². The van der Waals surface area contributed by atoms with E-state index in [9.17, 15) is 9.90 Å². The number of aliphatic hydroxyl groups is 1. The molecule has 0 aromatic heterocycles. The van der Waals surface area contributed by atoms with Crippen LogP contribution in [0.4, 0.5) is 0 Å². The van der Waals surface area contributed by atoms with Crippen LogP contribution in [0.5, 0.6) is 0 Å². The van der Waals surface area contributed by atoms with Crippen molar-refractivity contribution in [3.8, 4) is 0 Å². The Morgan fingerprint density at radius 1 is 1.38 bits per heavy atom. The van der Waals surface area contributed by atoms with Crippen molar-refractivity contribution in [2.45, 2.75) is 57.2 Å². The SMILES string of the molecule is CCOC(=O)CN(C1CC1)C1CCCC1O. The lowest BCUT2D eigenvalue weighted by Crippen LogP contribution is -2.45. The minimum Gasteiger partial charge on any atom is -0.465 e. The van der Waals surface area contributed by atoms with E-state index < -0.39 is 0 Å². The second kappa shape index (κ2) is 5.15. The summed E-state index contributed by atoms with van der Waals surface area (Å²) in [6, 6.07) is 0.680. The van der Waals surface area contributed by atoms with Gasteiger partial charge in [0, 0.05) is 12.1 Å². The molecule has 2 rings (SSSR count). The first-order chi connectivity index (χ1) is 7.72. The van der Waals surface area contributed by atoms with Crippen LogP contribution >= 0.6 is 0 Å². The van der Waals surface area contributed by atoms with Crippen molar-refractivity contribution in [3.05, 3.63) is 0 Å². The van der Waals surface area contributed by atoms with Crippen LogP contribution in [0.25, 0.3) is 0 Å². The zero-order valence-electron chi connectivity index (χ0n) is 9.89. The molecule has 4 heteroatoms. The molecule has 2 aliphatic rings. The monoisotopic (exact) mass is 227 g/mol. The Kier molecular flexibility index (Phi) is 3.82. The van der Waals surface area contributed by atoms with Gasteiger partial charge in [-0.15, -0.1) is 0 Å². The van der Waals surface area contributed by atoms with Crippen LogP contribution in [-0.2, 0) is 9.53 Å². The van der Waals surface area contributed by atoms with E-state index >= 15 is 0 Å². The van der Waals surface area contributed by atoms with E-state index in [4.69, 9.17) is 4.74 Å². The topological polar surface area (TPSA) is 49.8 Å². The summed E-state index contributed by atoms with van der Waals surface area (Å²) in [5.41, 5.74) is 0. The molecule has 0 amide bonds. The van der Waals surface area contributed by atoms with Gasteiger partial charge in [0.15, 0.2) is 0 Å². The molecule has 0 aromatic rings. The number of carbonyl (C=O) groups excluding carboxylic acids is 1. The molecule has 0 aromatic carbocycles. The molecule has 0 heterocycles. The minimum atomic E-state index is -0.255. The van der Waals surface area contributed by atoms with Crippen LogP contribution in [0.1, 0.15) is 39.0 Å². The maximum Gasteiger partial charge on any atom is 0.320 e. The van der Waals surface area contributed by atoms with Crippen LogP contribution in [0.15, 0.2) is 0 Å². The molecule has 0 aliphatic heterocycles. The van der Waals surface area contributed by atoms with Gasteiger partial charge in [-0.25, -0.2) is 0 Å². The van der Waals surface area contributed by atoms with E-state index in [0.29, 0.717) is 19.2 Å². The molecule has 0 radical (unpaired) electrons. The van der Waals surface area contributed by atoms with Crippen LogP contribution < -0.4 is 0 Å². The lowest BCUT2D eigenvalue weighted by Gasteiger charge is -2.30. The third kappa shape index (κ3) is 2.74. The largest absolute Gasteiger partial charge is 0.465 e. The smallest absolute Gasteiger partial charge is 0.320 e. The van der Waals surface area contributed by atoms with Gasteiger partial charge in [0.25, 0.3) is 0 Å². The molecule has 0 spiro atoms. The molecular weight excluding hydrogens is 206 g/mol. The predicted octanol–water partition coefficient (Wildman–Crippen LogP) is 0.927. The standard InChI is InChI=1S/C12H21NO3/c1-2-16-12(15)8-13(9-6-7-9)10-4-3-5-11(10)14/h9-11,14H,2-8H2,1H3. The number of hydrogen-bond donors (Lipinski definition) is 1. The van der Waals surface area contributed by atoms with Gasteiger partial charge < -0.3 is 9.84 Å². The Bertz CT molecular complexity index is 253. The Balaban J connectivity index is 1.91. The Morgan fingerprint density at radius 3 is 2.62 bits per heavy atom. The average Bonchev–Trinajstić information content (AvgIpc) is 2.99. The predicted molar refractivity (Wildman–Crippen MR) is 60.0 cm³/mol. The highest BCUT2D eigenvalue weighted by Crippen LogP contribution is 2.34. The van der Waals surface area contributed by atoms with Gasteiger partial charge >= 0.3 is 5.97 Å². The highest BCUT2D eigenvalue weighted by Gasteiger charge is 2.40. The molecule has 2 saturated carbocycles. The van der Waals surface area contributed by atoms with Gasteiger partial charge in [0.05, 0.1) is 19.3 Å². The first kappa shape index (κ1) is 11.9. The van der Waals surface area contributed by atoms with Crippen molar-refractivity contribution < 1.29 is 14.6 Å². The number of rotatable bonds is 5. The third-order valence-electron chi connectivity index (χ3n) is 3.50. The van der Waals surface area contributed by atoms with E-state index in [0.717, 1.165) is 32.1 Å². The zero-order valence-corrected chi connectivity index (χ0v) is 9.89. The molecular formula is C12H21NO3. The normalized spacial score (nSPS) is 29.7. The first-order valence-electron chi connectivity index (χ1n) is 6.31. The van der Waals surface area contributed by atoms with Crippen LogP contribution in [0.3, 0.4) is 0 Å². The molecule has 2 aliphatic carbocycles. The summed E-state index contributed by atoms with van der Waals surface area (Å²) in [4.78, 5) is 13.7. The van der Waals surface area contributed by atoms with E-state index in [2.05, 4.69) is 4.90 Å². The summed E-state index contributed by atoms with van der Waals surface area (Å²) >= 11 is 0. The van der Waals surface area contributed by atoms with Crippen molar-refractivity contribution in [1.82, 2.24) is 4.90 Å². The molecule has 16 heavy (non-hydrogen) atoms. The fourth-order valence-corrected chi connectivity index (χ4v) is 2.59. The highest BCUT2D eigenvalue weighted by molar-refractivity contribution is 5.71. The van der Waals surface area contributed by atoms with Crippen molar-refractivity contribution in [1.29, 1.82) is 0 Å². The van der Waals surface area contributed by atoms with Crippen molar-refractivity contribution >= 4 is 5.97 Å². The lowest BCUT2D eigenvalue weighted by molar-refractivity contribution is -0.145. The van der Waals surface area contributed by atoms with Gasteiger partial charge in [0.1, 0.15) is 0 Å². The fourth-order valence-electron chi connectivity index (χ4n) is 2.59. The minimum absolute atomic E-state index is 0.159. The summed E-state index contributed by atoms with van der Waals surface area (Å²) in [6.07, 6.45) is 5.01. The Hall–Kier alpha value is -0.610. The third-order valence-corrected chi connectivity index (χ3v) is 3.50. The number of aliphatic hydroxyl groups excluding tert-OH is 1. The zero-order chi connectivity index (χ0) is 11.5. The number of ether oxygens (including phenoxy) is 1.